The maximum Gasteiger partial charge on any atom is 0.362 e. The third-order valence-electron chi connectivity index (χ3n) is 2.77. The number of hydrogen-bond donors (Lipinski definition) is 0. The van der Waals surface area contributed by atoms with Crippen LogP contribution in [0.25, 0.3) is 0 Å². The van der Waals surface area contributed by atoms with Gasteiger partial charge in [-0.15, -0.1) is 29.9 Å². The van der Waals surface area contributed by atoms with Crippen molar-refractivity contribution in [2.24, 2.45) is 0 Å². The normalized spacial score (nSPS) is 9.70. The van der Waals surface area contributed by atoms with Gasteiger partial charge in [-0.25, -0.2) is 4.79 Å². The number of halogens is 3. The van der Waals surface area contributed by atoms with E-state index in [1.807, 2.05) is 19.0 Å². The van der Waals surface area contributed by atoms with E-state index in [0.29, 0.717) is 10.8 Å². The predicted octanol–water partition coefficient (Wildman–Crippen LogP) is 3.60. The third-order valence-corrected chi connectivity index (χ3v) is 3.07. The lowest BCUT2D eigenvalue weighted by Crippen LogP contribution is -2.23. The number of benzene rings is 1. The number of nitrogens with zero attached hydrogens (tertiary/aromatic N) is 2. The molecule has 0 aliphatic carbocycles. The van der Waals surface area contributed by atoms with Crippen molar-refractivity contribution in [3.8, 4) is 5.75 Å². The topological polar surface area (TPSA) is 42.0 Å². The maximum absolute atomic E-state index is 11.6. The lowest BCUT2D eigenvalue weighted by atomic mass is 10.1. The molecule has 0 bridgehead atoms. The highest BCUT2D eigenvalue weighted by molar-refractivity contribution is 6.33. The van der Waals surface area contributed by atoms with Crippen molar-refractivity contribution in [3.05, 3.63) is 22.7 Å². The van der Waals surface area contributed by atoms with Crippen molar-refractivity contribution in [2.45, 2.75) is 19.8 Å². The van der Waals surface area contributed by atoms with Gasteiger partial charge in [-0.3, -0.25) is 0 Å². The van der Waals surface area contributed by atoms with Gasteiger partial charge < -0.3 is 14.5 Å². The Morgan fingerprint density at radius 3 is 2.26 bits per heavy atom. The van der Waals surface area contributed by atoms with E-state index in [2.05, 4.69) is 6.92 Å². The number of anilines is 1. The molecule has 0 aromatic heterocycles. The van der Waals surface area contributed by atoms with Crippen molar-refractivity contribution < 1.29 is 14.4 Å². The Morgan fingerprint density at radius 1 is 1.17 bits per heavy atom. The van der Waals surface area contributed by atoms with Crippen LogP contribution in [0.15, 0.2) is 12.1 Å². The molecule has 0 N–H and O–H groups in total. The highest BCUT2D eigenvalue weighted by Crippen LogP contribution is 2.36. The van der Waals surface area contributed by atoms with Gasteiger partial charge in [-0.05, 0) is 18.6 Å². The van der Waals surface area contributed by atoms with E-state index in [1.54, 1.807) is 26.2 Å². The second kappa shape index (κ2) is 11.6. The number of ether oxygens (including phenoxy) is 1. The Labute approximate surface area is 155 Å². The van der Waals surface area contributed by atoms with Crippen LogP contribution in [-0.4, -0.2) is 45.8 Å². The highest BCUT2D eigenvalue weighted by Gasteiger charge is 2.16. The molecule has 0 radical (unpaired) electrons. The first-order chi connectivity index (χ1) is 9.86. The number of rotatable bonds is 7. The van der Waals surface area contributed by atoms with Gasteiger partial charge in [-0.2, -0.15) is 0 Å². The zero-order chi connectivity index (χ0) is 16.0. The summed E-state index contributed by atoms with van der Waals surface area (Å²) in [5, 5.41) is 2.01. The molecular weight excluding hydrogens is 363 g/mol. The molecule has 0 fully saturated rings. The van der Waals surface area contributed by atoms with E-state index in [9.17, 15) is 4.79 Å². The average Bonchev–Trinajstić information content (AvgIpc) is 2.37. The summed E-state index contributed by atoms with van der Waals surface area (Å²) in [7, 11) is 7.16. The minimum absolute atomic E-state index is 0. The molecular formula is C15H25Cl3N2O3. The minimum atomic E-state index is -0.441. The molecule has 0 spiro atoms. The van der Waals surface area contributed by atoms with Crippen molar-refractivity contribution >= 4 is 48.1 Å². The van der Waals surface area contributed by atoms with Gasteiger partial charge in [0, 0.05) is 33.8 Å². The number of carbonyl (C=O) groups is 1. The summed E-state index contributed by atoms with van der Waals surface area (Å²) in [6.45, 7) is 1.95. The lowest BCUT2D eigenvalue weighted by Gasteiger charge is -2.22. The van der Waals surface area contributed by atoms with Gasteiger partial charge in [0.1, 0.15) is 5.75 Å². The van der Waals surface area contributed by atoms with Gasteiger partial charge in [-0.1, -0.05) is 24.9 Å². The fraction of sp³-hybridized carbons (Fsp3) is 0.533. The molecule has 0 unspecified atom stereocenters. The molecule has 1 aromatic carbocycles. The first kappa shape index (κ1) is 24.4. The zero-order valence-electron chi connectivity index (χ0n) is 14.1. The largest absolute Gasteiger partial charge is 0.481 e. The Morgan fingerprint density at radius 2 is 1.78 bits per heavy atom. The number of hydroxylamine groups is 2. The fourth-order valence-corrected chi connectivity index (χ4v) is 2.41. The summed E-state index contributed by atoms with van der Waals surface area (Å²) in [5.74, 6) is 0.226. The van der Waals surface area contributed by atoms with Gasteiger partial charge in [0.25, 0.3) is 0 Å². The summed E-state index contributed by atoms with van der Waals surface area (Å²) in [6, 6.07) is 3.58. The minimum Gasteiger partial charge on any atom is -0.481 e. The van der Waals surface area contributed by atoms with Crippen molar-refractivity contribution in [2.75, 3.05) is 39.7 Å². The Balaban J connectivity index is 0. The molecule has 0 aliphatic heterocycles. The quantitative estimate of drug-likeness (QED) is 0.669. The van der Waals surface area contributed by atoms with Gasteiger partial charge in [0.05, 0.1) is 10.7 Å². The molecule has 23 heavy (non-hydrogen) atoms. The van der Waals surface area contributed by atoms with Crippen molar-refractivity contribution in [1.29, 1.82) is 0 Å². The van der Waals surface area contributed by atoms with Crippen LogP contribution < -0.4 is 9.64 Å². The van der Waals surface area contributed by atoms with Crippen LogP contribution in [0.5, 0.6) is 5.75 Å². The molecule has 0 amide bonds. The van der Waals surface area contributed by atoms with Crippen LogP contribution in [0, 0.1) is 0 Å². The molecule has 1 rings (SSSR count). The Bertz CT molecular complexity index is 497. The highest BCUT2D eigenvalue weighted by atomic mass is 35.5. The van der Waals surface area contributed by atoms with E-state index in [-0.39, 0.29) is 31.4 Å². The molecule has 0 heterocycles. The second-order valence-electron chi connectivity index (χ2n) is 5.08. The molecule has 1 aromatic rings. The third kappa shape index (κ3) is 7.48. The van der Waals surface area contributed by atoms with Crippen LogP contribution in [0.4, 0.5) is 5.69 Å². The Hall–Kier alpha value is -0.880. The molecule has 8 heteroatoms. The molecule has 0 aliphatic rings. The molecule has 0 saturated heterocycles. The number of hydrogen-bond acceptors (Lipinski definition) is 5. The van der Waals surface area contributed by atoms with Crippen LogP contribution >= 0.6 is 36.4 Å². The van der Waals surface area contributed by atoms with Gasteiger partial charge in [0.15, 0.2) is 6.61 Å². The summed E-state index contributed by atoms with van der Waals surface area (Å²) in [5.41, 5.74) is 1.93. The standard InChI is InChI=1S/C15H23ClN2O3.2ClH/c1-6-7-11-13(20-10-14(19)21-18(4)5)9-8-12(16)15(11)17(2)3;;/h8-9H,6-7,10H2,1-5H3;2*1H. The first-order valence-electron chi connectivity index (χ1n) is 6.86. The SMILES string of the molecule is CCCc1c(OCC(=O)ON(C)C)ccc(Cl)c1N(C)C.Cl.Cl. The smallest absolute Gasteiger partial charge is 0.362 e. The molecule has 0 saturated carbocycles. The van der Waals surface area contributed by atoms with Gasteiger partial charge in [0.2, 0.25) is 0 Å². The maximum atomic E-state index is 11.6. The monoisotopic (exact) mass is 386 g/mol. The molecule has 134 valence electrons. The summed E-state index contributed by atoms with van der Waals surface area (Å²) in [4.78, 5) is 18.4. The predicted molar refractivity (Wildman–Crippen MR) is 99.5 cm³/mol. The van der Waals surface area contributed by atoms with E-state index < -0.39 is 5.97 Å². The zero-order valence-corrected chi connectivity index (χ0v) is 16.5. The molecule has 0 atom stereocenters. The van der Waals surface area contributed by atoms with Crippen molar-refractivity contribution in [3.63, 3.8) is 0 Å². The lowest BCUT2D eigenvalue weighted by molar-refractivity contribution is -0.180. The first-order valence-corrected chi connectivity index (χ1v) is 7.24. The van der Waals surface area contributed by atoms with Crippen molar-refractivity contribution in [1.82, 2.24) is 5.06 Å². The van der Waals surface area contributed by atoms with Crippen LogP contribution in [0.2, 0.25) is 5.02 Å². The summed E-state index contributed by atoms with van der Waals surface area (Å²) >= 11 is 6.27. The van der Waals surface area contributed by atoms with Gasteiger partial charge >= 0.3 is 5.97 Å². The van der Waals surface area contributed by atoms with E-state index in [0.717, 1.165) is 24.1 Å². The summed E-state index contributed by atoms with van der Waals surface area (Å²) < 4.78 is 5.61. The van der Waals surface area contributed by atoms with E-state index in [4.69, 9.17) is 21.2 Å². The second-order valence-corrected chi connectivity index (χ2v) is 5.49. The molecule has 5 nitrogen and oxygen atoms in total. The van der Waals surface area contributed by atoms with E-state index in [1.165, 1.54) is 5.06 Å². The van der Waals surface area contributed by atoms with E-state index >= 15 is 0 Å². The fourth-order valence-electron chi connectivity index (χ4n) is 2.07. The average molecular weight is 388 g/mol. The van der Waals surface area contributed by atoms with Crippen LogP contribution in [0.1, 0.15) is 18.9 Å². The van der Waals surface area contributed by atoms with Crippen LogP contribution in [-0.2, 0) is 16.1 Å². The number of carbonyl (C=O) groups excluding carboxylic acids is 1. The van der Waals surface area contributed by atoms with Crippen LogP contribution in [0.3, 0.4) is 0 Å². The Kier molecular flexibility index (Phi) is 12.3. The summed E-state index contributed by atoms with van der Waals surface area (Å²) in [6.07, 6.45) is 1.78.